The Bertz CT molecular complexity index is 786. The maximum absolute atomic E-state index is 12.4. The number of ether oxygens (including phenoxy) is 2. The van der Waals surface area contributed by atoms with Crippen LogP contribution in [0.15, 0.2) is 48.5 Å². The van der Waals surface area contributed by atoms with Gasteiger partial charge in [-0.05, 0) is 23.8 Å². The van der Waals surface area contributed by atoms with E-state index in [1.54, 1.807) is 12.1 Å². The Kier molecular flexibility index (Phi) is 7.05. The molecule has 0 aliphatic rings. The number of carbonyl (C=O) groups is 3. The maximum Gasteiger partial charge on any atom is 0.308 e. The molecular formula is C20H21NO5. The molecule has 0 radical (unpaired) electrons. The van der Waals surface area contributed by atoms with Crippen molar-refractivity contribution in [1.29, 1.82) is 0 Å². The van der Waals surface area contributed by atoms with E-state index in [9.17, 15) is 14.4 Å². The van der Waals surface area contributed by atoms with E-state index in [2.05, 4.69) is 5.32 Å². The number of esters is 2. The van der Waals surface area contributed by atoms with Gasteiger partial charge in [0.25, 0.3) is 0 Å². The average Bonchev–Trinajstić information content (AvgIpc) is 2.61. The van der Waals surface area contributed by atoms with Crippen molar-refractivity contribution in [3.8, 4) is 5.75 Å². The lowest BCUT2D eigenvalue weighted by Gasteiger charge is -2.11. The summed E-state index contributed by atoms with van der Waals surface area (Å²) in [5.74, 6) is -0.787. The van der Waals surface area contributed by atoms with Crippen molar-refractivity contribution in [3.05, 3.63) is 65.2 Å². The second-order valence-electron chi connectivity index (χ2n) is 5.71. The summed E-state index contributed by atoms with van der Waals surface area (Å²) in [7, 11) is 0. The second-order valence-corrected chi connectivity index (χ2v) is 5.71. The standard InChI is InChI=1S/C20H21NO5/c1-14(22)25-13-18-10-17(8-9-20(18)26-15(2)23)19(24)12-21-11-16-6-4-3-5-7-16/h3-10,21H,11-13H2,1-2H3. The van der Waals surface area contributed by atoms with Crippen molar-refractivity contribution in [2.24, 2.45) is 0 Å². The van der Waals surface area contributed by atoms with Gasteiger partial charge in [-0.25, -0.2) is 0 Å². The van der Waals surface area contributed by atoms with Gasteiger partial charge in [-0.3, -0.25) is 14.4 Å². The van der Waals surface area contributed by atoms with Crippen LogP contribution in [0.4, 0.5) is 0 Å². The van der Waals surface area contributed by atoms with E-state index in [1.807, 2.05) is 30.3 Å². The van der Waals surface area contributed by atoms with Gasteiger partial charge in [0.15, 0.2) is 5.78 Å². The van der Waals surface area contributed by atoms with Crippen LogP contribution in [0.25, 0.3) is 0 Å². The Morgan fingerprint density at radius 3 is 2.35 bits per heavy atom. The molecule has 0 fully saturated rings. The molecule has 0 heterocycles. The highest BCUT2D eigenvalue weighted by molar-refractivity contribution is 5.98. The summed E-state index contributed by atoms with van der Waals surface area (Å²) in [4.78, 5) is 34.6. The number of nitrogens with one attached hydrogen (secondary N) is 1. The molecule has 2 rings (SSSR count). The van der Waals surface area contributed by atoms with Crippen molar-refractivity contribution in [3.63, 3.8) is 0 Å². The van der Waals surface area contributed by atoms with Crippen molar-refractivity contribution in [1.82, 2.24) is 5.32 Å². The van der Waals surface area contributed by atoms with E-state index in [0.717, 1.165) is 5.56 Å². The minimum atomic E-state index is -0.488. The molecule has 6 heteroatoms. The van der Waals surface area contributed by atoms with Crippen molar-refractivity contribution in [2.75, 3.05) is 6.54 Å². The average molecular weight is 355 g/mol. The predicted octanol–water partition coefficient (Wildman–Crippen LogP) is 2.65. The van der Waals surface area contributed by atoms with Gasteiger partial charge in [0.05, 0.1) is 6.54 Å². The summed E-state index contributed by atoms with van der Waals surface area (Å²) < 4.78 is 10.1. The monoisotopic (exact) mass is 355 g/mol. The van der Waals surface area contributed by atoms with E-state index < -0.39 is 11.9 Å². The van der Waals surface area contributed by atoms with Crippen molar-refractivity contribution < 1.29 is 23.9 Å². The lowest BCUT2D eigenvalue weighted by molar-refractivity contribution is -0.142. The summed E-state index contributed by atoms with van der Waals surface area (Å²) in [6.07, 6.45) is 0. The number of hydrogen-bond acceptors (Lipinski definition) is 6. The molecule has 6 nitrogen and oxygen atoms in total. The third-order valence-corrected chi connectivity index (χ3v) is 3.52. The Morgan fingerprint density at radius 1 is 0.962 bits per heavy atom. The van der Waals surface area contributed by atoms with E-state index in [-0.39, 0.29) is 24.7 Å². The zero-order chi connectivity index (χ0) is 18.9. The molecule has 0 saturated carbocycles. The molecule has 136 valence electrons. The SMILES string of the molecule is CC(=O)OCc1cc(C(=O)CNCc2ccccc2)ccc1OC(C)=O. The number of benzene rings is 2. The molecular weight excluding hydrogens is 334 g/mol. The topological polar surface area (TPSA) is 81.7 Å². The molecule has 0 aliphatic heterocycles. The van der Waals surface area contributed by atoms with Crippen LogP contribution in [-0.2, 0) is 27.5 Å². The fourth-order valence-corrected chi connectivity index (χ4v) is 2.32. The van der Waals surface area contributed by atoms with Crippen LogP contribution in [0, 0.1) is 0 Å². The second kappa shape index (κ2) is 9.48. The fraction of sp³-hybridized carbons (Fsp3) is 0.250. The van der Waals surface area contributed by atoms with Gasteiger partial charge in [-0.15, -0.1) is 0 Å². The molecule has 0 amide bonds. The van der Waals surface area contributed by atoms with Gasteiger partial charge in [0.2, 0.25) is 0 Å². The molecule has 0 bridgehead atoms. The fourth-order valence-electron chi connectivity index (χ4n) is 2.32. The highest BCUT2D eigenvalue weighted by Crippen LogP contribution is 2.22. The van der Waals surface area contributed by atoms with Gasteiger partial charge in [-0.2, -0.15) is 0 Å². The lowest BCUT2D eigenvalue weighted by Crippen LogP contribution is -2.22. The highest BCUT2D eigenvalue weighted by Gasteiger charge is 2.13. The quantitative estimate of drug-likeness (QED) is 0.445. The normalized spacial score (nSPS) is 10.2. The van der Waals surface area contributed by atoms with Gasteiger partial charge < -0.3 is 14.8 Å². The molecule has 2 aromatic carbocycles. The van der Waals surface area contributed by atoms with Crippen LogP contribution >= 0.6 is 0 Å². The van der Waals surface area contributed by atoms with Gasteiger partial charge >= 0.3 is 11.9 Å². The molecule has 0 saturated heterocycles. The molecule has 0 unspecified atom stereocenters. The Hall–Kier alpha value is -2.99. The smallest absolute Gasteiger partial charge is 0.308 e. The van der Waals surface area contributed by atoms with E-state index in [1.165, 1.54) is 19.9 Å². The third kappa shape index (κ3) is 6.14. The summed E-state index contributed by atoms with van der Waals surface area (Å²) in [6.45, 7) is 3.24. The lowest BCUT2D eigenvalue weighted by atomic mass is 10.1. The summed E-state index contributed by atoms with van der Waals surface area (Å²) in [6, 6.07) is 14.5. The number of carbonyl (C=O) groups excluding carboxylic acids is 3. The number of rotatable bonds is 8. The van der Waals surface area contributed by atoms with Crippen LogP contribution in [0.3, 0.4) is 0 Å². The Labute approximate surface area is 152 Å². The Morgan fingerprint density at radius 2 is 1.69 bits per heavy atom. The minimum Gasteiger partial charge on any atom is -0.461 e. The third-order valence-electron chi connectivity index (χ3n) is 3.52. The van der Waals surface area contributed by atoms with Crippen molar-refractivity contribution >= 4 is 17.7 Å². The summed E-state index contributed by atoms with van der Waals surface area (Å²) in [5.41, 5.74) is 1.99. The number of Topliss-reactive ketones (excluding diaryl/α,β-unsaturated/α-hetero) is 1. The molecule has 1 N–H and O–H groups in total. The van der Waals surface area contributed by atoms with E-state index in [4.69, 9.17) is 9.47 Å². The number of hydrogen-bond donors (Lipinski definition) is 1. The highest BCUT2D eigenvalue weighted by atomic mass is 16.5. The first-order chi connectivity index (χ1) is 12.5. The molecule has 0 aromatic heterocycles. The van der Waals surface area contributed by atoms with Crippen LogP contribution in [0.5, 0.6) is 5.75 Å². The summed E-state index contributed by atoms with van der Waals surface area (Å²) in [5, 5.41) is 3.10. The van der Waals surface area contributed by atoms with E-state index in [0.29, 0.717) is 17.7 Å². The van der Waals surface area contributed by atoms with Crippen LogP contribution < -0.4 is 10.1 Å². The molecule has 2 aromatic rings. The van der Waals surface area contributed by atoms with Crippen LogP contribution in [0.1, 0.15) is 35.3 Å². The minimum absolute atomic E-state index is 0.0729. The Balaban J connectivity index is 2.04. The van der Waals surface area contributed by atoms with Crippen LogP contribution in [-0.4, -0.2) is 24.3 Å². The zero-order valence-corrected chi connectivity index (χ0v) is 14.8. The predicted molar refractivity (Wildman–Crippen MR) is 95.7 cm³/mol. The molecule has 0 aliphatic carbocycles. The molecule has 0 atom stereocenters. The zero-order valence-electron chi connectivity index (χ0n) is 14.8. The van der Waals surface area contributed by atoms with Gasteiger partial charge in [-0.1, -0.05) is 30.3 Å². The van der Waals surface area contributed by atoms with Crippen molar-refractivity contribution in [2.45, 2.75) is 27.0 Å². The van der Waals surface area contributed by atoms with Crippen LogP contribution in [0.2, 0.25) is 0 Å². The largest absolute Gasteiger partial charge is 0.461 e. The van der Waals surface area contributed by atoms with Gasteiger partial charge in [0, 0.05) is 31.5 Å². The van der Waals surface area contributed by atoms with E-state index >= 15 is 0 Å². The summed E-state index contributed by atoms with van der Waals surface area (Å²) >= 11 is 0. The number of ketones is 1. The van der Waals surface area contributed by atoms with Gasteiger partial charge in [0.1, 0.15) is 12.4 Å². The first kappa shape index (κ1) is 19.3. The maximum atomic E-state index is 12.4. The molecule has 0 spiro atoms. The molecule has 26 heavy (non-hydrogen) atoms. The first-order valence-electron chi connectivity index (χ1n) is 8.18. The first-order valence-corrected chi connectivity index (χ1v) is 8.18.